The van der Waals surface area contributed by atoms with Crippen molar-refractivity contribution in [2.45, 2.75) is 32.6 Å². The summed E-state index contributed by atoms with van der Waals surface area (Å²) < 4.78 is 0. The topological polar surface area (TPSA) is 82.3 Å². The van der Waals surface area contributed by atoms with Gasteiger partial charge in [-0.15, -0.1) is 0 Å². The third-order valence-corrected chi connectivity index (χ3v) is 6.31. The summed E-state index contributed by atoms with van der Waals surface area (Å²) in [6.07, 6.45) is 3.23. The number of hydrogen-bond donors (Lipinski definition) is 2. The van der Waals surface area contributed by atoms with E-state index in [4.69, 9.17) is 0 Å². The first-order valence-corrected chi connectivity index (χ1v) is 11.2. The molecule has 0 aliphatic carbocycles. The van der Waals surface area contributed by atoms with Crippen molar-refractivity contribution in [1.29, 1.82) is 0 Å². The van der Waals surface area contributed by atoms with Crippen molar-refractivity contribution in [2.24, 2.45) is 5.92 Å². The van der Waals surface area contributed by atoms with Crippen molar-refractivity contribution in [3.8, 4) is 0 Å². The summed E-state index contributed by atoms with van der Waals surface area (Å²) in [5.41, 5.74) is 3.25. The van der Waals surface area contributed by atoms with Gasteiger partial charge < -0.3 is 15.2 Å². The van der Waals surface area contributed by atoms with E-state index < -0.39 is 0 Å². The number of rotatable bonds is 6. The molecule has 4 rings (SSSR count). The largest absolute Gasteiger partial charge is 0.352 e. The van der Waals surface area contributed by atoms with Crippen LogP contribution in [0, 0.1) is 12.8 Å². The second-order valence-corrected chi connectivity index (χ2v) is 8.61. The number of carbonyl (C=O) groups excluding carboxylic acids is 2. The maximum Gasteiger partial charge on any atom is 0.251 e. The Hall–Kier alpha value is -3.41. The average Bonchev–Trinajstić information content (AvgIpc) is 2.80. The van der Waals surface area contributed by atoms with Gasteiger partial charge in [0, 0.05) is 42.2 Å². The van der Waals surface area contributed by atoms with Gasteiger partial charge in [0.1, 0.15) is 0 Å². The van der Waals surface area contributed by atoms with Crippen LogP contribution in [0.25, 0.3) is 10.9 Å². The van der Waals surface area contributed by atoms with E-state index in [1.807, 2.05) is 60.4 Å². The van der Waals surface area contributed by atoms with Crippen LogP contribution < -0.4 is 10.9 Å². The highest BCUT2D eigenvalue weighted by atomic mass is 16.2. The molecule has 32 heavy (non-hydrogen) atoms. The fraction of sp³-hybridized carbons (Fsp3) is 0.346. The standard InChI is InChI=1S/C26H29N3O3/c1-18-15-24(30)28-23-8-7-20(16-22(18)23)17-25(31)29-13-10-19(11-14-29)9-12-27-26(32)21-5-3-2-4-6-21/h2-8,15-16,19H,9-14,17H2,1H3,(H,27,32)(H,28,30). The number of aryl methyl sites for hydroxylation is 1. The molecular weight excluding hydrogens is 402 g/mol. The zero-order valence-electron chi connectivity index (χ0n) is 18.4. The summed E-state index contributed by atoms with van der Waals surface area (Å²) in [6, 6.07) is 16.6. The molecule has 2 amide bonds. The number of nitrogens with one attached hydrogen (secondary N) is 2. The molecule has 1 aromatic heterocycles. The van der Waals surface area contributed by atoms with Crippen molar-refractivity contribution < 1.29 is 9.59 Å². The number of hydrogen-bond acceptors (Lipinski definition) is 3. The lowest BCUT2D eigenvalue weighted by molar-refractivity contribution is -0.131. The van der Waals surface area contributed by atoms with Crippen LogP contribution in [0.2, 0.25) is 0 Å². The van der Waals surface area contributed by atoms with Gasteiger partial charge in [0.25, 0.3) is 5.91 Å². The number of fused-ring (bicyclic) bond motifs is 1. The molecule has 166 valence electrons. The average molecular weight is 432 g/mol. The van der Waals surface area contributed by atoms with Crippen LogP contribution in [0.3, 0.4) is 0 Å². The monoisotopic (exact) mass is 431 g/mol. The summed E-state index contributed by atoms with van der Waals surface area (Å²) >= 11 is 0. The number of pyridine rings is 1. The Morgan fingerprint density at radius 3 is 2.56 bits per heavy atom. The molecule has 0 saturated carbocycles. The van der Waals surface area contributed by atoms with Gasteiger partial charge in [0.15, 0.2) is 0 Å². The molecule has 0 unspecified atom stereocenters. The Labute approximate surface area is 187 Å². The number of aromatic amines is 1. The Balaban J connectivity index is 1.24. The van der Waals surface area contributed by atoms with Crippen LogP contribution in [0.4, 0.5) is 0 Å². The molecule has 1 fully saturated rings. The third-order valence-electron chi connectivity index (χ3n) is 6.31. The van der Waals surface area contributed by atoms with E-state index in [9.17, 15) is 14.4 Å². The second-order valence-electron chi connectivity index (χ2n) is 8.61. The molecule has 2 heterocycles. The van der Waals surface area contributed by atoms with Crippen molar-refractivity contribution in [3.63, 3.8) is 0 Å². The highest BCUT2D eigenvalue weighted by Gasteiger charge is 2.23. The zero-order chi connectivity index (χ0) is 22.5. The molecule has 2 aromatic carbocycles. The van der Waals surface area contributed by atoms with E-state index >= 15 is 0 Å². The molecule has 0 radical (unpaired) electrons. The SMILES string of the molecule is Cc1cc(=O)[nH]c2ccc(CC(=O)N3CCC(CCNC(=O)c4ccccc4)CC3)cc12. The molecular formula is C26H29N3O3. The lowest BCUT2D eigenvalue weighted by Crippen LogP contribution is -2.40. The third kappa shape index (κ3) is 5.25. The lowest BCUT2D eigenvalue weighted by Gasteiger charge is -2.32. The fourth-order valence-corrected chi connectivity index (χ4v) is 4.42. The van der Waals surface area contributed by atoms with Gasteiger partial charge in [0.2, 0.25) is 11.5 Å². The minimum absolute atomic E-state index is 0.0343. The van der Waals surface area contributed by atoms with Crippen LogP contribution >= 0.6 is 0 Å². The number of aromatic nitrogens is 1. The molecule has 2 N–H and O–H groups in total. The molecule has 1 saturated heterocycles. The molecule has 3 aromatic rings. The minimum atomic E-state index is -0.110. The molecule has 6 heteroatoms. The predicted octanol–water partition coefficient (Wildman–Crippen LogP) is 3.44. The van der Waals surface area contributed by atoms with Crippen LogP contribution in [-0.2, 0) is 11.2 Å². The fourth-order valence-electron chi connectivity index (χ4n) is 4.42. The summed E-state index contributed by atoms with van der Waals surface area (Å²) in [5, 5.41) is 3.97. The molecule has 1 aliphatic rings. The quantitative estimate of drug-likeness (QED) is 0.627. The van der Waals surface area contributed by atoms with Gasteiger partial charge in [-0.05, 0) is 67.5 Å². The second kappa shape index (κ2) is 9.81. The molecule has 1 aliphatic heterocycles. The van der Waals surface area contributed by atoms with Crippen molar-refractivity contribution >= 4 is 22.7 Å². The van der Waals surface area contributed by atoms with Gasteiger partial charge in [-0.2, -0.15) is 0 Å². The number of piperidine rings is 1. The predicted molar refractivity (Wildman–Crippen MR) is 126 cm³/mol. The van der Waals surface area contributed by atoms with Gasteiger partial charge in [-0.3, -0.25) is 14.4 Å². The van der Waals surface area contributed by atoms with E-state index in [1.165, 1.54) is 0 Å². The number of nitrogens with zero attached hydrogens (tertiary/aromatic N) is 1. The minimum Gasteiger partial charge on any atom is -0.352 e. The van der Waals surface area contributed by atoms with Crippen LogP contribution in [-0.4, -0.2) is 41.3 Å². The first-order chi connectivity index (χ1) is 15.5. The first-order valence-electron chi connectivity index (χ1n) is 11.2. The smallest absolute Gasteiger partial charge is 0.251 e. The summed E-state index contributed by atoms with van der Waals surface area (Å²) in [7, 11) is 0. The lowest BCUT2D eigenvalue weighted by atomic mass is 9.93. The van der Waals surface area contributed by atoms with E-state index in [0.717, 1.165) is 54.4 Å². The zero-order valence-corrected chi connectivity index (χ0v) is 18.4. The van der Waals surface area contributed by atoms with Crippen molar-refractivity contribution in [1.82, 2.24) is 15.2 Å². The van der Waals surface area contributed by atoms with E-state index in [1.54, 1.807) is 6.07 Å². The van der Waals surface area contributed by atoms with Crippen molar-refractivity contribution in [2.75, 3.05) is 19.6 Å². The van der Waals surface area contributed by atoms with Crippen LogP contribution in [0.1, 0.15) is 40.7 Å². The number of likely N-dealkylation sites (tertiary alicyclic amines) is 1. The Morgan fingerprint density at radius 2 is 1.81 bits per heavy atom. The summed E-state index contributed by atoms with van der Waals surface area (Å²) in [6.45, 7) is 4.09. The summed E-state index contributed by atoms with van der Waals surface area (Å²) in [4.78, 5) is 41.4. The normalized spacial score (nSPS) is 14.5. The number of carbonyl (C=O) groups is 2. The molecule has 0 bridgehead atoms. The van der Waals surface area contributed by atoms with E-state index in [0.29, 0.717) is 24.4 Å². The van der Waals surface area contributed by atoms with Crippen molar-refractivity contribution in [3.05, 3.63) is 81.6 Å². The first kappa shape index (κ1) is 21.8. The number of benzene rings is 2. The molecule has 0 atom stereocenters. The maximum absolute atomic E-state index is 12.8. The number of amides is 2. The van der Waals surface area contributed by atoms with Crippen LogP contribution in [0.15, 0.2) is 59.4 Å². The summed E-state index contributed by atoms with van der Waals surface area (Å²) in [5.74, 6) is 0.630. The van der Waals surface area contributed by atoms with Gasteiger partial charge in [-0.1, -0.05) is 24.3 Å². The van der Waals surface area contributed by atoms with E-state index in [2.05, 4.69) is 10.3 Å². The maximum atomic E-state index is 12.8. The highest BCUT2D eigenvalue weighted by Crippen LogP contribution is 2.22. The Kier molecular flexibility index (Phi) is 6.69. The molecule has 0 spiro atoms. The number of H-pyrrole nitrogens is 1. The Bertz CT molecular complexity index is 1160. The van der Waals surface area contributed by atoms with Crippen LogP contribution in [0.5, 0.6) is 0 Å². The van der Waals surface area contributed by atoms with Gasteiger partial charge in [-0.25, -0.2) is 0 Å². The molecule has 6 nitrogen and oxygen atoms in total. The highest BCUT2D eigenvalue weighted by molar-refractivity contribution is 5.94. The Morgan fingerprint density at radius 1 is 1.06 bits per heavy atom. The van der Waals surface area contributed by atoms with E-state index in [-0.39, 0.29) is 17.4 Å². The van der Waals surface area contributed by atoms with Gasteiger partial charge in [0.05, 0.1) is 6.42 Å². The van der Waals surface area contributed by atoms with Gasteiger partial charge >= 0.3 is 0 Å².